The molecule has 0 spiro atoms. The molecule has 1 aliphatic heterocycles. The molecule has 0 amide bonds. The van der Waals surface area contributed by atoms with Crippen LogP contribution in [0.4, 0.5) is 0 Å². The number of aromatic amines is 1. The first-order valence-electron chi connectivity index (χ1n) is 5.59. The number of hydrogen-bond donors (Lipinski definition) is 2. The Hall–Kier alpha value is -1.28. The van der Waals surface area contributed by atoms with Gasteiger partial charge in [-0.3, -0.25) is 9.36 Å². The summed E-state index contributed by atoms with van der Waals surface area (Å²) in [6, 6.07) is 0. The van der Waals surface area contributed by atoms with E-state index in [9.17, 15) is 9.59 Å². The zero-order chi connectivity index (χ0) is 13.3. The first kappa shape index (κ1) is 13.2. The predicted molar refractivity (Wildman–Crippen MR) is 64.9 cm³/mol. The molecule has 2 rings (SSSR count). The molecule has 1 aliphatic rings. The number of rotatable bonds is 4. The Bertz CT molecular complexity index is 511. The van der Waals surface area contributed by atoms with Crippen molar-refractivity contribution in [3.05, 3.63) is 10.5 Å². The number of carboxylic acids is 1. The van der Waals surface area contributed by atoms with Crippen LogP contribution in [-0.4, -0.2) is 44.3 Å². The molecular weight excluding hydrogens is 258 g/mol. The summed E-state index contributed by atoms with van der Waals surface area (Å²) in [6.07, 6.45) is 0.589. The summed E-state index contributed by atoms with van der Waals surface area (Å²) in [5.74, 6) is -1.07. The van der Waals surface area contributed by atoms with Crippen molar-refractivity contribution in [2.75, 3.05) is 12.4 Å². The average molecular weight is 273 g/mol. The third kappa shape index (κ3) is 2.17. The van der Waals surface area contributed by atoms with Crippen molar-refractivity contribution in [1.82, 2.24) is 14.8 Å². The number of hydrogen-bond acceptors (Lipinski definition) is 5. The van der Waals surface area contributed by atoms with E-state index in [-0.39, 0.29) is 17.5 Å². The van der Waals surface area contributed by atoms with Crippen molar-refractivity contribution in [3.8, 4) is 0 Å². The van der Waals surface area contributed by atoms with Crippen LogP contribution in [-0.2, 0) is 15.1 Å². The lowest BCUT2D eigenvalue weighted by Crippen LogP contribution is -2.43. The molecule has 100 valence electrons. The Kier molecular flexibility index (Phi) is 3.49. The Morgan fingerprint density at radius 3 is 3.06 bits per heavy atom. The van der Waals surface area contributed by atoms with Crippen molar-refractivity contribution in [1.29, 1.82) is 0 Å². The minimum atomic E-state index is -0.942. The molecule has 0 saturated carbocycles. The normalized spacial score (nSPS) is 27.6. The van der Waals surface area contributed by atoms with E-state index in [1.165, 1.54) is 4.57 Å². The molecule has 2 atom stereocenters. The zero-order valence-electron chi connectivity index (χ0n) is 10.2. The lowest BCUT2D eigenvalue weighted by Gasteiger charge is -2.29. The van der Waals surface area contributed by atoms with E-state index in [1.807, 2.05) is 13.8 Å². The monoisotopic (exact) mass is 273 g/mol. The fraction of sp³-hybridized carbons (Fsp3) is 0.700. The molecule has 2 unspecified atom stereocenters. The van der Waals surface area contributed by atoms with Crippen molar-refractivity contribution in [2.45, 2.75) is 37.1 Å². The lowest BCUT2D eigenvalue weighted by molar-refractivity contribution is -0.133. The number of H-pyrrole nitrogens is 1. The van der Waals surface area contributed by atoms with E-state index in [0.717, 1.165) is 11.8 Å². The van der Waals surface area contributed by atoms with Gasteiger partial charge in [0.1, 0.15) is 0 Å². The molecule has 2 N–H and O–H groups in total. The number of aromatic nitrogens is 3. The molecule has 0 aromatic carbocycles. The van der Waals surface area contributed by atoms with E-state index in [0.29, 0.717) is 18.2 Å². The maximum atomic E-state index is 11.9. The number of nitrogens with zero attached hydrogens (tertiary/aromatic N) is 2. The summed E-state index contributed by atoms with van der Waals surface area (Å²) in [4.78, 5) is 22.4. The summed E-state index contributed by atoms with van der Waals surface area (Å²) in [5, 5.41) is 15.3. The highest BCUT2D eigenvalue weighted by Gasteiger charge is 2.41. The summed E-state index contributed by atoms with van der Waals surface area (Å²) in [6.45, 7) is 4.41. The van der Waals surface area contributed by atoms with Gasteiger partial charge in [0, 0.05) is 6.61 Å². The molecular formula is C10H15N3O4S. The van der Waals surface area contributed by atoms with Gasteiger partial charge in [0.25, 0.3) is 0 Å². The van der Waals surface area contributed by atoms with Gasteiger partial charge in [-0.25, -0.2) is 9.89 Å². The second kappa shape index (κ2) is 4.77. The fourth-order valence-corrected chi connectivity index (χ4v) is 2.86. The second-order valence-corrected chi connectivity index (χ2v) is 5.39. The molecule has 0 radical (unpaired) electrons. The van der Waals surface area contributed by atoms with Crippen LogP contribution in [0.15, 0.2) is 9.95 Å². The molecule has 1 fully saturated rings. The van der Waals surface area contributed by atoms with Gasteiger partial charge in [0.05, 0.1) is 17.4 Å². The van der Waals surface area contributed by atoms with Crippen LogP contribution in [0.1, 0.15) is 20.3 Å². The van der Waals surface area contributed by atoms with E-state index < -0.39 is 11.5 Å². The molecule has 0 aliphatic carbocycles. The minimum Gasteiger partial charge on any atom is -0.481 e. The van der Waals surface area contributed by atoms with Crippen molar-refractivity contribution in [2.24, 2.45) is 0 Å². The largest absolute Gasteiger partial charge is 0.481 e. The number of carbonyl (C=O) groups is 1. The molecule has 1 saturated heterocycles. The van der Waals surface area contributed by atoms with Gasteiger partial charge in [0.2, 0.25) is 0 Å². The standard InChI is InChI=1S/C10H15N3O4S/c1-6-10(2,3-4-17-6)13-8(16)11-12-9(13)18-5-7(14)15/h6H,3-5H2,1-2H3,(H,11,16)(H,14,15). The third-order valence-electron chi connectivity index (χ3n) is 3.33. The van der Waals surface area contributed by atoms with Crippen LogP contribution in [0.25, 0.3) is 0 Å². The lowest BCUT2D eigenvalue weighted by atomic mass is 9.94. The van der Waals surface area contributed by atoms with Gasteiger partial charge in [0.15, 0.2) is 5.16 Å². The highest BCUT2D eigenvalue weighted by atomic mass is 32.2. The first-order chi connectivity index (χ1) is 8.45. The number of ether oxygens (including phenoxy) is 1. The van der Waals surface area contributed by atoms with Crippen molar-refractivity contribution >= 4 is 17.7 Å². The van der Waals surface area contributed by atoms with Crippen molar-refractivity contribution < 1.29 is 14.6 Å². The average Bonchev–Trinajstić information content (AvgIpc) is 2.82. The van der Waals surface area contributed by atoms with Gasteiger partial charge < -0.3 is 9.84 Å². The van der Waals surface area contributed by atoms with Crippen LogP contribution in [0.5, 0.6) is 0 Å². The van der Waals surface area contributed by atoms with E-state index >= 15 is 0 Å². The van der Waals surface area contributed by atoms with Crippen molar-refractivity contribution in [3.63, 3.8) is 0 Å². The smallest absolute Gasteiger partial charge is 0.344 e. The van der Waals surface area contributed by atoms with E-state index in [2.05, 4.69) is 10.2 Å². The molecule has 8 heteroatoms. The molecule has 7 nitrogen and oxygen atoms in total. The van der Waals surface area contributed by atoms with Gasteiger partial charge in [-0.15, -0.1) is 5.10 Å². The van der Waals surface area contributed by atoms with E-state index in [4.69, 9.17) is 9.84 Å². The highest BCUT2D eigenvalue weighted by Crippen LogP contribution is 2.34. The summed E-state index contributed by atoms with van der Waals surface area (Å²) < 4.78 is 7.01. The maximum absolute atomic E-state index is 11.9. The topological polar surface area (TPSA) is 97.2 Å². The van der Waals surface area contributed by atoms with Crippen LogP contribution in [0.2, 0.25) is 0 Å². The minimum absolute atomic E-state index is 0.114. The number of nitrogens with one attached hydrogen (secondary N) is 1. The third-order valence-corrected chi connectivity index (χ3v) is 4.25. The number of carboxylic acid groups (broad SMARTS) is 1. The number of aliphatic carboxylic acids is 1. The molecule has 2 heterocycles. The Balaban J connectivity index is 2.34. The van der Waals surface area contributed by atoms with Crippen LogP contribution >= 0.6 is 11.8 Å². The van der Waals surface area contributed by atoms with E-state index in [1.54, 1.807) is 0 Å². The summed E-state index contributed by atoms with van der Waals surface area (Å²) in [7, 11) is 0. The first-order valence-corrected chi connectivity index (χ1v) is 6.58. The fourth-order valence-electron chi connectivity index (χ4n) is 2.07. The molecule has 18 heavy (non-hydrogen) atoms. The number of thioether (sulfide) groups is 1. The quantitative estimate of drug-likeness (QED) is 0.764. The Labute approximate surface area is 108 Å². The summed E-state index contributed by atoms with van der Waals surface area (Å²) in [5.41, 5.74) is -0.812. The molecule has 1 aromatic rings. The summed E-state index contributed by atoms with van der Waals surface area (Å²) >= 11 is 1.03. The Morgan fingerprint density at radius 1 is 1.78 bits per heavy atom. The highest BCUT2D eigenvalue weighted by molar-refractivity contribution is 7.99. The van der Waals surface area contributed by atoms with Crippen LogP contribution in [0, 0.1) is 0 Å². The van der Waals surface area contributed by atoms with Crippen LogP contribution in [0.3, 0.4) is 0 Å². The van der Waals surface area contributed by atoms with Gasteiger partial charge in [-0.1, -0.05) is 11.8 Å². The maximum Gasteiger partial charge on any atom is 0.344 e. The molecule has 0 bridgehead atoms. The van der Waals surface area contributed by atoms with Gasteiger partial charge >= 0.3 is 11.7 Å². The molecule has 1 aromatic heterocycles. The van der Waals surface area contributed by atoms with Gasteiger partial charge in [-0.05, 0) is 20.3 Å². The van der Waals surface area contributed by atoms with Crippen LogP contribution < -0.4 is 5.69 Å². The SMILES string of the molecule is CC1OCCC1(C)n1c(SCC(=O)O)n[nH]c1=O. The Morgan fingerprint density at radius 2 is 2.50 bits per heavy atom. The second-order valence-electron chi connectivity index (χ2n) is 4.45. The van der Waals surface area contributed by atoms with Gasteiger partial charge in [-0.2, -0.15) is 0 Å². The zero-order valence-corrected chi connectivity index (χ0v) is 11.0. The predicted octanol–water partition coefficient (Wildman–Crippen LogP) is 0.272.